The van der Waals surface area contributed by atoms with Crippen LogP contribution in [0.1, 0.15) is 154 Å². The number of carbonyl (C=O) groups excluding carboxylic acids is 2. The fourth-order valence-electron chi connectivity index (χ4n) is 8.06. The average molecular weight is 867 g/mol. The molecule has 2 unspecified atom stereocenters. The third kappa shape index (κ3) is 13.8. The first-order valence-electron chi connectivity index (χ1n) is 23.4. The van der Waals surface area contributed by atoms with Crippen LogP contribution in [0.3, 0.4) is 0 Å². The van der Waals surface area contributed by atoms with E-state index in [0.717, 1.165) is 60.8 Å². The zero-order chi connectivity index (χ0) is 44.2. The monoisotopic (exact) mass is 866 g/mol. The number of unbranched alkanes of at least 4 members (excludes halogenated alkanes) is 10. The molecule has 0 aliphatic carbocycles. The zero-order valence-corrected chi connectivity index (χ0v) is 37.6. The molecule has 4 aromatic rings. The Morgan fingerprint density at radius 1 is 0.476 bits per heavy atom. The van der Waals surface area contributed by atoms with Crippen molar-refractivity contribution in [3.8, 4) is 34.3 Å². The van der Waals surface area contributed by atoms with Crippen molar-refractivity contribution in [2.75, 3.05) is 13.2 Å². The van der Waals surface area contributed by atoms with Crippen molar-refractivity contribution in [3.05, 3.63) is 84.4 Å². The molecule has 2 fully saturated rings. The molecular formula is C50H66N4O9. The van der Waals surface area contributed by atoms with Gasteiger partial charge in [-0.1, -0.05) is 153 Å². The van der Waals surface area contributed by atoms with Crippen molar-refractivity contribution in [2.45, 2.75) is 167 Å². The lowest BCUT2D eigenvalue weighted by Crippen LogP contribution is -2.37. The second-order valence-electron chi connectivity index (χ2n) is 16.5. The number of hydrogen-bond acceptors (Lipinski definition) is 13. The summed E-state index contributed by atoms with van der Waals surface area (Å²) in [6, 6.07) is 15.3. The largest absolute Gasteiger partial charge is 0.509 e. The predicted molar refractivity (Wildman–Crippen MR) is 239 cm³/mol. The first-order chi connectivity index (χ1) is 30.9. The second kappa shape index (κ2) is 25.1. The van der Waals surface area contributed by atoms with Crippen LogP contribution in [0.5, 0.6) is 11.5 Å². The highest BCUT2D eigenvalue weighted by molar-refractivity contribution is 5.64. The Morgan fingerprint density at radius 3 is 1.21 bits per heavy atom. The standard InChI is InChI=1S/C50H66N4O9/c1-5-9-11-13-15-17-29-57-39-31-51-47(52-32-39)37-25-21-35(22-26-37)43(45-41(19-7-3)59-49(55)62-45)61-44(46-42(20-8-4)60-50(56)63-46)36-23-27-38(28-24-36)48-53-33-40(34-54-48)58-30-18-16-14-12-10-6-2/h21-28,31-34,41-46H,5-20,29-30H2,1-4H3/t41-,42-,43?,44?,45+,46+/m0/s1. The van der Waals surface area contributed by atoms with E-state index in [-0.39, 0.29) is 0 Å². The van der Waals surface area contributed by atoms with E-state index in [0.29, 0.717) is 49.2 Å². The smallest absolute Gasteiger partial charge is 0.490 e. The third-order valence-electron chi connectivity index (χ3n) is 11.5. The molecule has 0 amide bonds. The number of ether oxygens (including phenoxy) is 7. The minimum atomic E-state index is -0.820. The number of rotatable bonds is 28. The van der Waals surface area contributed by atoms with Gasteiger partial charge in [0.05, 0.1) is 38.0 Å². The molecule has 0 spiro atoms. The van der Waals surface area contributed by atoms with E-state index in [9.17, 15) is 9.59 Å². The Kier molecular flexibility index (Phi) is 18.8. The van der Waals surface area contributed by atoms with Gasteiger partial charge in [0, 0.05) is 11.1 Å². The Balaban J connectivity index is 1.21. The molecule has 13 heteroatoms. The Bertz CT molecular complexity index is 1810. The molecule has 6 atom stereocenters. The first kappa shape index (κ1) is 47.2. The molecule has 2 aromatic carbocycles. The molecule has 0 N–H and O–H groups in total. The minimum Gasteiger partial charge on any atom is -0.490 e. The number of hydrogen-bond donors (Lipinski definition) is 0. The summed E-state index contributed by atoms with van der Waals surface area (Å²) in [5.41, 5.74) is 3.04. The Hall–Kier alpha value is -5.30. The lowest BCUT2D eigenvalue weighted by molar-refractivity contribution is -0.123. The van der Waals surface area contributed by atoms with Crippen molar-refractivity contribution >= 4 is 12.3 Å². The van der Waals surface area contributed by atoms with Gasteiger partial charge in [0.2, 0.25) is 0 Å². The number of benzene rings is 2. The van der Waals surface area contributed by atoms with E-state index in [4.69, 9.17) is 33.2 Å². The highest BCUT2D eigenvalue weighted by Gasteiger charge is 2.48. The quantitative estimate of drug-likeness (QED) is 0.0394. The van der Waals surface area contributed by atoms with Crippen LogP contribution in [0.25, 0.3) is 22.8 Å². The van der Waals surface area contributed by atoms with Gasteiger partial charge in [-0.3, -0.25) is 0 Å². The highest BCUT2D eigenvalue weighted by atomic mass is 16.8. The molecule has 340 valence electrons. The number of aromatic nitrogens is 4. The highest BCUT2D eigenvalue weighted by Crippen LogP contribution is 2.42. The van der Waals surface area contributed by atoms with Crippen molar-refractivity contribution in [3.63, 3.8) is 0 Å². The summed E-state index contributed by atoms with van der Waals surface area (Å²) in [6.45, 7) is 9.75. The van der Waals surface area contributed by atoms with Crippen LogP contribution in [0.4, 0.5) is 9.59 Å². The fourth-order valence-corrected chi connectivity index (χ4v) is 8.06. The minimum absolute atomic E-state index is 0.542. The van der Waals surface area contributed by atoms with Crippen LogP contribution >= 0.6 is 0 Å². The molecule has 2 aliphatic rings. The number of nitrogens with zero attached hydrogens (tertiary/aromatic N) is 4. The fraction of sp³-hybridized carbons (Fsp3) is 0.560. The molecule has 2 saturated heterocycles. The van der Waals surface area contributed by atoms with Gasteiger partial charge in [0.15, 0.2) is 35.4 Å². The van der Waals surface area contributed by atoms with Gasteiger partial charge in [-0.2, -0.15) is 0 Å². The van der Waals surface area contributed by atoms with Gasteiger partial charge in [-0.05, 0) is 36.8 Å². The second-order valence-corrected chi connectivity index (χ2v) is 16.5. The van der Waals surface area contributed by atoms with Crippen molar-refractivity contribution in [1.29, 1.82) is 0 Å². The van der Waals surface area contributed by atoms with E-state index in [2.05, 4.69) is 33.8 Å². The van der Waals surface area contributed by atoms with Crippen LogP contribution in [0, 0.1) is 0 Å². The maximum absolute atomic E-state index is 12.7. The summed E-state index contributed by atoms with van der Waals surface area (Å²) in [7, 11) is 0. The van der Waals surface area contributed by atoms with Crippen LogP contribution in [-0.2, 0) is 23.7 Å². The van der Waals surface area contributed by atoms with Crippen LogP contribution in [0.2, 0.25) is 0 Å². The van der Waals surface area contributed by atoms with Crippen LogP contribution in [-0.4, -0.2) is 69.9 Å². The molecule has 2 aliphatic heterocycles. The molecule has 4 heterocycles. The van der Waals surface area contributed by atoms with Crippen LogP contribution < -0.4 is 9.47 Å². The normalized spacial score (nSPS) is 19.2. The SMILES string of the molecule is CCCCCCCCOc1cnc(-c2ccc(C(OC(c3ccc(-c4ncc(OCCCCCCCC)cn4)cc3)[C@@H]3OC(=O)O[C@H]3CCC)[C@@H]3OC(=O)O[C@H]3CCC)cc2)nc1. The summed E-state index contributed by atoms with van der Waals surface area (Å²) in [5, 5.41) is 0. The zero-order valence-electron chi connectivity index (χ0n) is 37.6. The van der Waals surface area contributed by atoms with E-state index >= 15 is 0 Å². The van der Waals surface area contributed by atoms with Gasteiger partial charge in [0.25, 0.3) is 0 Å². The summed E-state index contributed by atoms with van der Waals surface area (Å²) in [4.78, 5) is 43.8. The topological polar surface area (TPSA) is 150 Å². The Morgan fingerprint density at radius 2 is 0.841 bits per heavy atom. The van der Waals surface area contributed by atoms with E-state index < -0.39 is 48.9 Å². The molecule has 6 rings (SSSR count). The molecule has 0 saturated carbocycles. The van der Waals surface area contributed by atoms with Crippen LogP contribution in [0.15, 0.2) is 73.3 Å². The molecule has 0 bridgehead atoms. The molecule has 2 aromatic heterocycles. The summed E-state index contributed by atoms with van der Waals surface area (Å²) >= 11 is 0. The maximum Gasteiger partial charge on any atom is 0.509 e. The summed E-state index contributed by atoms with van der Waals surface area (Å²) in [5.74, 6) is 2.35. The number of carbonyl (C=O) groups is 2. The van der Waals surface area contributed by atoms with Crippen molar-refractivity contribution in [1.82, 2.24) is 19.9 Å². The summed E-state index contributed by atoms with van der Waals surface area (Å²) < 4.78 is 42.0. The molecule has 63 heavy (non-hydrogen) atoms. The first-order valence-corrected chi connectivity index (χ1v) is 23.4. The predicted octanol–water partition coefficient (Wildman–Crippen LogP) is 12.3. The van der Waals surface area contributed by atoms with Gasteiger partial charge in [0.1, 0.15) is 24.4 Å². The third-order valence-corrected chi connectivity index (χ3v) is 11.5. The van der Waals surface area contributed by atoms with Gasteiger partial charge in [-0.15, -0.1) is 0 Å². The molecular weight excluding hydrogens is 801 g/mol. The van der Waals surface area contributed by atoms with E-state index in [1.807, 2.05) is 62.4 Å². The van der Waals surface area contributed by atoms with Crippen molar-refractivity contribution in [2.24, 2.45) is 0 Å². The molecule has 0 radical (unpaired) electrons. The van der Waals surface area contributed by atoms with Gasteiger partial charge >= 0.3 is 12.3 Å². The van der Waals surface area contributed by atoms with Gasteiger partial charge < -0.3 is 33.2 Å². The van der Waals surface area contributed by atoms with Gasteiger partial charge in [-0.25, -0.2) is 29.5 Å². The number of cyclic esters (lactones) is 4. The lowest BCUT2D eigenvalue weighted by atomic mass is 9.93. The maximum atomic E-state index is 12.7. The summed E-state index contributed by atoms with van der Waals surface area (Å²) in [6.07, 6.45) is 17.9. The van der Waals surface area contributed by atoms with Crippen molar-refractivity contribution < 1.29 is 42.7 Å². The lowest BCUT2D eigenvalue weighted by Gasteiger charge is -2.33. The van der Waals surface area contributed by atoms with E-state index in [1.54, 1.807) is 24.8 Å². The van der Waals surface area contributed by atoms with E-state index in [1.165, 1.54) is 51.4 Å². The molecule has 13 nitrogen and oxygen atoms in total. The Labute approximate surface area is 373 Å². The average Bonchev–Trinajstić information content (AvgIpc) is 3.87.